The van der Waals surface area contributed by atoms with Crippen LogP contribution in [-0.4, -0.2) is 34.6 Å². The normalized spacial score (nSPS) is 12.8. The predicted octanol–water partition coefficient (Wildman–Crippen LogP) is 1.12. The Bertz CT molecular complexity index is 318. The summed E-state index contributed by atoms with van der Waals surface area (Å²) in [6.45, 7) is 1.78. The summed E-state index contributed by atoms with van der Waals surface area (Å²) in [4.78, 5) is 10.8. The second kappa shape index (κ2) is 4.43. The highest BCUT2D eigenvalue weighted by Gasteiger charge is 2.21. The molecule has 0 aromatic carbocycles. The Morgan fingerprint density at radius 2 is 2.50 bits per heavy atom. The number of carboxylic acid groups (broad SMARTS) is 1. The number of hydrogen-bond donors (Lipinski definition) is 1. The van der Waals surface area contributed by atoms with E-state index in [0.29, 0.717) is 10.7 Å². The van der Waals surface area contributed by atoms with Gasteiger partial charge >= 0.3 is 5.97 Å². The van der Waals surface area contributed by atoms with Gasteiger partial charge in [0.1, 0.15) is 0 Å². The van der Waals surface area contributed by atoms with E-state index in [0.717, 1.165) is 0 Å². The van der Waals surface area contributed by atoms with E-state index in [2.05, 4.69) is 5.10 Å². The van der Waals surface area contributed by atoms with Crippen molar-refractivity contribution in [1.82, 2.24) is 9.78 Å². The van der Waals surface area contributed by atoms with Crippen molar-refractivity contribution in [3.63, 3.8) is 0 Å². The van der Waals surface area contributed by atoms with Gasteiger partial charge in [0.15, 0.2) is 6.04 Å². The molecule has 1 unspecified atom stereocenters. The highest BCUT2D eigenvalue weighted by atomic mass is 35.5. The Morgan fingerprint density at radius 1 is 1.86 bits per heavy atom. The average Bonchev–Trinajstić information content (AvgIpc) is 2.42. The van der Waals surface area contributed by atoms with Crippen LogP contribution < -0.4 is 0 Å². The first kappa shape index (κ1) is 11.0. The SMILES string of the molecule is COCC(C(=O)O)n1cc(Cl)c(C)n1. The molecule has 78 valence electrons. The molecule has 1 aromatic heterocycles. The second-order valence-electron chi connectivity index (χ2n) is 2.85. The molecule has 0 amide bonds. The van der Waals surface area contributed by atoms with E-state index < -0.39 is 12.0 Å². The van der Waals surface area contributed by atoms with E-state index in [9.17, 15) is 4.79 Å². The fraction of sp³-hybridized carbons (Fsp3) is 0.500. The van der Waals surface area contributed by atoms with Gasteiger partial charge in [0.2, 0.25) is 0 Å². The lowest BCUT2D eigenvalue weighted by molar-refractivity contribution is -0.142. The van der Waals surface area contributed by atoms with E-state index >= 15 is 0 Å². The lowest BCUT2D eigenvalue weighted by atomic mass is 10.3. The topological polar surface area (TPSA) is 64.3 Å². The number of aryl methyl sites for hydroxylation is 1. The highest BCUT2D eigenvalue weighted by Crippen LogP contribution is 2.16. The van der Waals surface area contributed by atoms with Crippen molar-refractivity contribution in [1.29, 1.82) is 0 Å². The van der Waals surface area contributed by atoms with Crippen molar-refractivity contribution in [2.24, 2.45) is 0 Å². The molecule has 0 spiro atoms. The Kier molecular flexibility index (Phi) is 3.49. The third kappa shape index (κ3) is 2.24. The molecule has 1 rings (SSSR count). The number of carboxylic acids is 1. The number of aromatic nitrogens is 2. The summed E-state index contributed by atoms with van der Waals surface area (Å²) in [5, 5.41) is 13.3. The van der Waals surface area contributed by atoms with E-state index in [1.165, 1.54) is 18.0 Å². The van der Waals surface area contributed by atoms with Gasteiger partial charge in [-0.05, 0) is 6.92 Å². The molecule has 0 fully saturated rings. The Morgan fingerprint density at radius 3 is 2.86 bits per heavy atom. The summed E-state index contributed by atoms with van der Waals surface area (Å²) in [7, 11) is 1.44. The predicted molar refractivity (Wildman–Crippen MR) is 50.5 cm³/mol. The van der Waals surface area contributed by atoms with Crippen molar-refractivity contribution >= 4 is 17.6 Å². The zero-order chi connectivity index (χ0) is 10.7. The molecular weight excluding hydrogens is 208 g/mol. The number of carbonyl (C=O) groups is 1. The van der Waals surface area contributed by atoms with Crippen LogP contribution in [0.4, 0.5) is 0 Å². The molecule has 0 aliphatic rings. The van der Waals surface area contributed by atoms with Crippen molar-refractivity contribution < 1.29 is 14.6 Å². The van der Waals surface area contributed by atoms with Crippen LogP contribution in [0.2, 0.25) is 5.02 Å². The fourth-order valence-electron chi connectivity index (χ4n) is 1.04. The molecule has 1 aromatic rings. The Labute approximate surface area is 86.2 Å². The maximum atomic E-state index is 10.8. The number of ether oxygens (including phenoxy) is 1. The largest absolute Gasteiger partial charge is 0.480 e. The Balaban J connectivity index is 2.93. The van der Waals surface area contributed by atoms with Gasteiger partial charge in [-0.2, -0.15) is 5.10 Å². The van der Waals surface area contributed by atoms with Gasteiger partial charge < -0.3 is 9.84 Å². The molecule has 0 bridgehead atoms. The Hall–Kier alpha value is -1.07. The maximum Gasteiger partial charge on any atom is 0.330 e. The van der Waals surface area contributed by atoms with Gasteiger partial charge in [0.05, 0.1) is 17.3 Å². The minimum Gasteiger partial charge on any atom is -0.480 e. The smallest absolute Gasteiger partial charge is 0.330 e. The molecule has 1 heterocycles. The first-order valence-electron chi connectivity index (χ1n) is 3.99. The van der Waals surface area contributed by atoms with Crippen LogP contribution in [0.3, 0.4) is 0 Å². The van der Waals surface area contributed by atoms with Crippen LogP contribution in [0.25, 0.3) is 0 Å². The average molecular weight is 219 g/mol. The summed E-state index contributed by atoms with van der Waals surface area (Å²) in [6.07, 6.45) is 1.48. The van der Waals surface area contributed by atoms with E-state index in [4.69, 9.17) is 21.4 Å². The number of rotatable bonds is 4. The maximum absolute atomic E-state index is 10.8. The van der Waals surface area contributed by atoms with Crippen LogP contribution in [0, 0.1) is 6.92 Å². The number of hydrogen-bond acceptors (Lipinski definition) is 3. The van der Waals surface area contributed by atoms with Crippen LogP contribution in [-0.2, 0) is 9.53 Å². The van der Waals surface area contributed by atoms with E-state index in [1.54, 1.807) is 6.92 Å². The summed E-state index contributed by atoms with van der Waals surface area (Å²) < 4.78 is 6.08. The van der Waals surface area contributed by atoms with Crippen LogP contribution in [0.5, 0.6) is 0 Å². The third-order valence-corrected chi connectivity index (χ3v) is 2.16. The first-order valence-corrected chi connectivity index (χ1v) is 4.37. The molecule has 0 saturated carbocycles. The fourth-order valence-corrected chi connectivity index (χ4v) is 1.18. The molecule has 14 heavy (non-hydrogen) atoms. The molecule has 0 saturated heterocycles. The molecular formula is C8H11ClN2O3. The van der Waals surface area contributed by atoms with E-state index in [1.807, 2.05) is 0 Å². The minimum absolute atomic E-state index is 0.0623. The third-order valence-electron chi connectivity index (χ3n) is 1.79. The van der Waals surface area contributed by atoms with Gasteiger partial charge in [-0.25, -0.2) is 4.79 Å². The zero-order valence-corrected chi connectivity index (χ0v) is 8.65. The van der Waals surface area contributed by atoms with Gasteiger partial charge in [-0.3, -0.25) is 4.68 Å². The first-order chi connectivity index (χ1) is 6.56. The van der Waals surface area contributed by atoms with Crippen molar-refractivity contribution in [2.45, 2.75) is 13.0 Å². The second-order valence-corrected chi connectivity index (χ2v) is 3.26. The molecule has 0 aliphatic heterocycles. The molecule has 0 aliphatic carbocycles. The molecule has 6 heteroatoms. The van der Waals surface area contributed by atoms with Crippen molar-refractivity contribution in [3.05, 3.63) is 16.9 Å². The van der Waals surface area contributed by atoms with Crippen LogP contribution >= 0.6 is 11.6 Å². The summed E-state index contributed by atoms with van der Waals surface area (Å²) in [6, 6.07) is -0.828. The lowest BCUT2D eigenvalue weighted by Gasteiger charge is -2.10. The quantitative estimate of drug-likeness (QED) is 0.823. The highest BCUT2D eigenvalue weighted by molar-refractivity contribution is 6.31. The lowest BCUT2D eigenvalue weighted by Crippen LogP contribution is -2.24. The number of aliphatic carboxylic acids is 1. The zero-order valence-electron chi connectivity index (χ0n) is 7.90. The van der Waals surface area contributed by atoms with Crippen molar-refractivity contribution in [2.75, 3.05) is 13.7 Å². The summed E-state index contributed by atoms with van der Waals surface area (Å²) >= 11 is 5.76. The van der Waals surface area contributed by atoms with Crippen LogP contribution in [0.1, 0.15) is 11.7 Å². The van der Waals surface area contributed by atoms with Gasteiger partial charge in [0.25, 0.3) is 0 Å². The minimum atomic E-state index is -0.994. The van der Waals surface area contributed by atoms with Gasteiger partial charge in [-0.15, -0.1) is 0 Å². The van der Waals surface area contributed by atoms with E-state index in [-0.39, 0.29) is 6.61 Å². The van der Waals surface area contributed by atoms with Crippen molar-refractivity contribution in [3.8, 4) is 0 Å². The van der Waals surface area contributed by atoms with Gasteiger partial charge in [0, 0.05) is 13.3 Å². The molecule has 1 N–H and O–H groups in total. The summed E-state index contributed by atoms with van der Waals surface area (Å²) in [5.41, 5.74) is 0.606. The number of nitrogens with zero attached hydrogens (tertiary/aromatic N) is 2. The standard InChI is InChI=1S/C8H11ClN2O3/c1-5-6(9)3-11(10-5)7(4-14-2)8(12)13/h3,7H,4H2,1-2H3,(H,12,13). The summed E-state index contributed by atoms with van der Waals surface area (Å²) in [5.74, 6) is -0.994. The van der Waals surface area contributed by atoms with Crippen LogP contribution in [0.15, 0.2) is 6.20 Å². The monoisotopic (exact) mass is 218 g/mol. The number of methoxy groups -OCH3 is 1. The molecule has 0 radical (unpaired) electrons. The molecule has 1 atom stereocenters. The number of halogens is 1. The van der Waals surface area contributed by atoms with Gasteiger partial charge in [-0.1, -0.05) is 11.6 Å². The molecule has 5 nitrogen and oxygen atoms in total.